The zero-order valence-electron chi connectivity index (χ0n) is 16.9. The summed E-state index contributed by atoms with van der Waals surface area (Å²) in [7, 11) is 3.08. The quantitative estimate of drug-likeness (QED) is 0.378. The van der Waals surface area contributed by atoms with Gasteiger partial charge >= 0.3 is 5.97 Å². The minimum absolute atomic E-state index is 0.0865. The molecule has 0 unspecified atom stereocenters. The zero-order chi connectivity index (χ0) is 21.5. The molecule has 7 nitrogen and oxygen atoms in total. The Labute approximate surface area is 174 Å². The summed E-state index contributed by atoms with van der Waals surface area (Å²) in [5.41, 5.74) is 1.88. The Balaban J connectivity index is 1.55. The van der Waals surface area contributed by atoms with Crippen LogP contribution in [0, 0.1) is 0 Å². The lowest BCUT2D eigenvalue weighted by atomic mass is 10.1. The molecule has 7 heteroatoms. The molecule has 30 heavy (non-hydrogen) atoms. The lowest BCUT2D eigenvalue weighted by molar-refractivity contribution is -0.136. The Morgan fingerprint density at radius 3 is 2.27 bits per heavy atom. The number of hydrogen-bond donors (Lipinski definition) is 0. The van der Waals surface area contributed by atoms with Crippen LogP contribution in [0.2, 0.25) is 0 Å². The molecule has 156 valence electrons. The molecule has 2 aromatic carbocycles. The number of methoxy groups -OCH3 is 2. The predicted octanol–water partition coefficient (Wildman–Crippen LogP) is 3.27. The van der Waals surface area contributed by atoms with Crippen LogP contribution in [0.1, 0.15) is 28.8 Å². The number of esters is 1. The largest absolute Gasteiger partial charge is 0.497 e. The molecule has 1 aliphatic heterocycles. The zero-order valence-corrected chi connectivity index (χ0v) is 16.9. The predicted molar refractivity (Wildman–Crippen MR) is 112 cm³/mol. The van der Waals surface area contributed by atoms with Crippen molar-refractivity contribution < 1.29 is 28.6 Å². The van der Waals surface area contributed by atoms with Gasteiger partial charge in [-0.3, -0.25) is 9.59 Å². The second-order valence-electron chi connectivity index (χ2n) is 6.71. The van der Waals surface area contributed by atoms with Crippen molar-refractivity contribution in [2.24, 2.45) is 0 Å². The van der Waals surface area contributed by atoms with E-state index in [4.69, 9.17) is 14.2 Å². The summed E-state index contributed by atoms with van der Waals surface area (Å²) in [6, 6.07) is 11.9. The minimum Gasteiger partial charge on any atom is -0.497 e. The summed E-state index contributed by atoms with van der Waals surface area (Å²) >= 11 is 0. The highest BCUT2D eigenvalue weighted by Gasteiger charge is 2.21. The van der Waals surface area contributed by atoms with E-state index < -0.39 is 5.97 Å². The van der Waals surface area contributed by atoms with E-state index in [0.717, 1.165) is 12.1 Å². The fourth-order valence-electron chi connectivity index (χ4n) is 3.11. The fraction of sp³-hybridized carbons (Fsp3) is 0.261. The number of Topliss-reactive ketones (excluding diaryl/α,β-unsaturated/α-hetero) is 1. The molecular weight excluding hydrogens is 386 g/mol. The first-order valence-electron chi connectivity index (χ1n) is 9.51. The first kappa shape index (κ1) is 21.1. The van der Waals surface area contributed by atoms with Gasteiger partial charge in [-0.05, 0) is 54.5 Å². The van der Waals surface area contributed by atoms with Crippen molar-refractivity contribution in [3.63, 3.8) is 0 Å². The van der Waals surface area contributed by atoms with Crippen molar-refractivity contribution in [3.05, 3.63) is 59.7 Å². The van der Waals surface area contributed by atoms with E-state index in [2.05, 4.69) is 0 Å². The molecule has 0 atom stereocenters. The van der Waals surface area contributed by atoms with Gasteiger partial charge in [0, 0.05) is 36.4 Å². The average molecular weight is 409 g/mol. The van der Waals surface area contributed by atoms with Gasteiger partial charge in [-0.15, -0.1) is 0 Å². The molecule has 1 aliphatic rings. The summed E-state index contributed by atoms with van der Waals surface area (Å²) in [6.45, 7) is 0.321. The van der Waals surface area contributed by atoms with Crippen molar-refractivity contribution in [1.29, 1.82) is 0 Å². The van der Waals surface area contributed by atoms with Crippen molar-refractivity contribution >= 4 is 29.4 Å². The molecule has 1 saturated heterocycles. The normalized spacial score (nSPS) is 13.5. The molecule has 0 aromatic heterocycles. The molecule has 3 rings (SSSR count). The minimum atomic E-state index is -0.635. The summed E-state index contributed by atoms with van der Waals surface area (Å²) in [5, 5.41) is 0. The third-order valence-corrected chi connectivity index (χ3v) is 4.71. The Morgan fingerprint density at radius 2 is 1.70 bits per heavy atom. The van der Waals surface area contributed by atoms with Crippen LogP contribution in [0.15, 0.2) is 48.5 Å². The molecule has 0 bridgehead atoms. The summed E-state index contributed by atoms with van der Waals surface area (Å²) in [4.78, 5) is 37.7. The van der Waals surface area contributed by atoms with E-state index in [-0.39, 0.29) is 18.3 Å². The van der Waals surface area contributed by atoms with Gasteiger partial charge in [-0.1, -0.05) is 0 Å². The molecule has 0 saturated carbocycles. The number of carbonyl (C=O) groups excluding carboxylic acids is 3. The third-order valence-electron chi connectivity index (χ3n) is 4.71. The van der Waals surface area contributed by atoms with Crippen molar-refractivity contribution in [2.45, 2.75) is 12.8 Å². The molecule has 2 aromatic rings. The van der Waals surface area contributed by atoms with Gasteiger partial charge in [0.15, 0.2) is 12.4 Å². The Morgan fingerprint density at radius 1 is 1.03 bits per heavy atom. The number of carbonyl (C=O) groups is 3. The SMILES string of the molecule is COc1cc(/C=C/C(=O)OCC(=O)c2ccc(N3CCCC3=O)cc2)cc(OC)c1. The van der Waals surface area contributed by atoms with E-state index in [1.807, 2.05) is 0 Å². The van der Waals surface area contributed by atoms with E-state index in [1.54, 1.807) is 53.4 Å². The van der Waals surface area contributed by atoms with Gasteiger partial charge in [0.25, 0.3) is 0 Å². The monoisotopic (exact) mass is 409 g/mol. The molecule has 0 spiro atoms. The Hall–Kier alpha value is -3.61. The van der Waals surface area contributed by atoms with Crippen LogP contribution >= 0.6 is 0 Å². The highest BCUT2D eigenvalue weighted by molar-refractivity contribution is 6.00. The number of rotatable bonds is 8. The third kappa shape index (κ3) is 5.26. The van der Waals surface area contributed by atoms with Gasteiger partial charge < -0.3 is 19.1 Å². The topological polar surface area (TPSA) is 82.1 Å². The summed E-state index contributed by atoms with van der Waals surface area (Å²) < 4.78 is 15.4. The Kier molecular flexibility index (Phi) is 6.85. The van der Waals surface area contributed by atoms with Crippen molar-refractivity contribution in [2.75, 3.05) is 32.3 Å². The molecular formula is C23H23NO6. The standard InChI is InChI=1S/C23H23NO6/c1-28-19-12-16(13-20(14-19)29-2)5-10-23(27)30-15-21(25)17-6-8-18(9-7-17)24-11-3-4-22(24)26/h5-10,12-14H,3-4,11,15H2,1-2H3/b10-5+. The summed E-state index contributed by atoms with van der Waals surface area (Å²) in [5.74, 6) is 0.320. The number of amides is 1. The van der Waals surface area contributed by atoms with Crippen LogP contribution in [-0.4, -0.2) is 45.0 Å². The number of hydrogen-bond acceptors (Lipinski definition) is 6. The number of ketones is 1. The smallest absolute Gasteiger partial charge is 0.331 e. The lowest BCUT2D eigenvalue weighted by Crippen LogP contribution is -2.23. The number of anilines is 1. The molecule has 1 heterocycles. The molecule has 1 fully saturated rings. The number of nitrogens with zero attached hydrogens (tertiary/aromatic N) is 1. The maximum absolute atomic E-state index is 12.3. The van der Waals surface area contributed by atoms with Crippen LogP contribution in [0.4, 0.5) is 5.69 Å². The molecule has 1 amide bonds. The second-order valence-corrected chi connectivity index (χ2v) is 6.71. The van der Waals surface area contributed by atoms with Gasteiger partial charge in [-0.25, -0.2) is 4.79 Å². The van der Waals surface area contributed by atoms with Gasteiger partial charge in [0.05, 0.1) is 14.2 Å². The van der Waals surface area contributed by atoms with Crippen LogP contribution in [0.3, 0.4) is 0 Å². The summed E-state index contributed by atoms with van der Waals surface area (Å²) in [6.07, 6.45) is 4.18. The lowest BCUT2D eigenvalue weighted by Gasteiger charge is -2.15. The number of ether oxygens (including phenoxy) is 3. The maximum Gasteiger partial charge on any atom is 0.331 e. The maximum atomic E-state index is 12.3. The number of benzene rings is 2. The average Bonchev–Trinajstić information content (AvgIpc) is 3.21. The van der Waals surface area contributed by atoms with E-state index in [0.29, 0.717) is 35.6 Å². The first-order chi connectivity index (χ1) is 14.5. The van der Waals surface area contributed by atoms with E-state index in [1.165, 1.54) is 20.3 Å². The molecule has 0 aliphatic carbocycles. The van der Waals surface area contributed by atoms with E-state index in [9.17, 15) is 14.4 Å². The molecule has 0 N–H and O–H groups in total. The first-order valence-corrected chi connectivity index (χ1v) is 9.51. The van der Waals surface area contributed by atoms with Gasteiger partial charge in [0.2, 0.25) is 5.91 Å². The van der Waals surface area contributed by atoms with Crippen LogP contribution < -0.4 is 14.4 Å². The van der Waals surface area contributed by atoms with Crippen LogP contribution in [-0.2, 0) is 14.3 Å². The van der Waals surface area contributed by atoms with Crippen molar-refractivity contribution in [1.82, 2.24) is 0 Å². The highest BCUT2D eigenvalue weighted by atomic mass is 16.5. The second kappa shape index (κ2) is 9.73. The van der Waals surface area contributed by atoms with E-state index >= 15 is 0 Å². The van der Waals surface area contributed by atoms with Gasteiger partial charge in [-0.2, -0.15) is 0 Å². The fourth-order valence-corrected chi connectivity index (χ4v) is 3.11. The van der Waals surface area contributed by atoms with Crippen LogP contribution in [0.5, 0.6) is 11.5 Å². The highest BCUT2D eigenvalue weighted by Crippen LogP contribution is 2.23. The molecule has 0 radical (unpaired) electrons. The van der Waals surface area contributed by atoms with Crippen LogP contribution in [0.25, 0.3) is 6.08 Å². The van der Waals surface area contributed by atoms with Crippen molar-refractivity contribution in [3.8, 4) is 11.5 Å². The van der Waals surface area contributed by atoms with Gasteiger partial charge in [0.1, 0.15) is 11.5 Å². The Bertz CT molecular complexity index is 942.